The molecular formula is C15H23N3O. The molecule has 0 amide bonds. The predicted molar refractivity (Wildman–Crippen MR) is 74.7 cm³/mol. The Morgan fingerprint density at radius 3 is 2.79 bits per heavy atom. The van der Waals surface area contributed by atoms with Crippen LogP contribution in [-0.4, -0.2) is 58.2 Å². The Morgan fingerprint density at radius 2 is 2.05 bits per heavy atom. The average molecular weight is 261 g/mol. The number of likely N-dealkylation sites (tertiary alicyclic amines) is 2. The Morgan fingerprint density at radius 1 is 1.21 bits per heavy atom. The normalized spacial score (nSPS) is 29.7. The van der Waals surface area contributed by atoms with E-state index in [4.69, 9.17) is 0 Å². The van der Waals surface area contributed by atoms with Gasteiger partial charge in [0.15, 0.2) is 0 Å². The molecule has 3 heterocycles. The molecule has 2 fully saturated rings. The SMILES string of the molecule is O[C@H]1CN(Cc2cccnc2)C[C@@H]1N1CCCCC1. The molecule has 0 radical (unpaired) electrons. The topological polar surface area (TPSA) is 39.6 Å². The highest BCUT2D eigenvalue weighted by molar-refractivity contribution is 5.09. The Balaban J connectivity index is 1.58. The highest BCUT2D eigenvalue weighted by Gasteiger charge is 2.35. The molecule has 19 heavy (non-hydrogen) atoms. The van der Waals surface area contributed by atoms with Crippen molar-refractivity contribution in [1.82, 2.24) is 14.8 Å². The number of nitrogens with zero attached hydrogens (tertiary/aromatic N) is 3. The van der Waals surface area contributed by atoms with Crippen molar-refractivity contribution in [2.45, 2.75) is 38.0 Å². The van der Waals surface area contributed by atoms with Gasteiger partial charge in [-0.15, -0.1) is 0 Å². The van der Waals surface area contributed by atoms with Gasteiger partial charge < -0.3 is 5.11 Å². The molecule has 0 aliphatic carbocycles. The van der Waals surface area contributed by atoms with Crippen molar-refractivity contribution in [2.75, 3.05) is 26.2 Å². The van der Waals surface area contributed by atoms with Gasteiger partial charge in [0.1, 0.15) is 0 Å². The lowest BCUT2D eigenvalue weighted by molar-refractivity contribution is 0.0706. The highest BCUT2D eigenvalue weighted by atomic mass is 16.3. The van der Waals surface area contributed by atoms with Crippen molar-refractivity contribution in [3.63, 3.8) is 0 Å². The van der Waals surface area contributed by atoms with Crippen molar-refractivity contribution < 1.29 is 5.11 Å². The summed E-state index contributed by atoms with van der Waals surface area (Å²) in [5.41, 5.74) is 1.23. The molecule has 4 nitrogen and oxygen atoms in total. The largest absolute Gasteiger partial charge is 0.390 e. The fraction of sp³-hybridized carbons (Fsp3) is 0.667. The van der Waals surface area contributed by atoms with Gasteiger partial charge in [-0.25, -0.2) is 0 Å². The Kier molecular flexibility index (Phi) is 4.11. The number of piperidine rings is 1. The third kappa shape index (κ3) is 3.14. The highest BCUT2D eigenvalue weighted by Crippen LogP contribution is 2.21. The fourth-order valence-corrected chi connectivity index (χ4v) is 3.33. The van der Waals surface area contributed by atoms with Crippen LogP contribution in [0.25, 0.3) is 0 Å². The molecule has 1 N–H and O–H groups in total. The molecule has 3 rings (SSSR count). The first-order chi connectivity index (χ1) is 9.33. The summed E-state index contributed by atoms with van der Waals surface area (Å²) >= 11 is 0. The zero-order chi connectivity index (χ0) is 13.1. The van der Waals surface area contributed by atoms with Crippen LogP contribution in [0.3, 0.4) is 0 Å². The van der Waals surface area contributed by atoms with Crippen molar-refractivity contribution in [3.8, 4) is 0 Å². The van der Waals surface area contributed by atoms with Crippen molar-refractivity contribution in [2.24, 2.45) is 0 Å². The lowest BCUT2D eigenvalue weighted by atomic mass is 10.1. The number of hydrogen-bond donors (Lipinski definition) is 1. The minimum absolute atomic E-state index is 0.199. The number of hydrogen-bond acceptors (Lipinski definition) is 4. The van der Waals surface area contributed by atoms with Crippen molar-refractivity contribution in [3.05, 3.63) is 30.1 Å². The fourth-order valence-electron chi connectivity index (χ4n) is 3.33. The predicted octanol–water partition coefficient (Wildman–Crippen LogP) is 1.11. The average Bonchev–Trinajstić information content (AvgIpc) is 2.82. The van der Waals surface area contributed by atoms with Gasteiger partial charge in [-0.3, -0.25) is 14.8 Å². The van der Waals surface area contributed by atoms with Crippen LogP contribution in [0.5, 0.6) is 0 Å². The van der Waals surface area contributed by atoms with Crippen LogP contribution in [-0.2, 0) is 6.54 Å². The molecule has 0 bridgehead atoms. The van der Waals surface area contributed by atoms with Crippen molar-refractivity contribution in [1.29, 1.82) is 0 Å². The molecule has 2 atom stereocenters. The maximum Gasteiger partial charge on any atom is 0.0834 e. The summed E-state index contributed by atoms with van der Waals surface area (Å²) in [6, 6.07) is 4.41. The summed E-state index contributed by atoms with van der Waals surface area (Å²) < 4.78 is 0. The Bertz CT molecular complexity index is 392. The van der Waals surface area contributed by atoms with Gasteiger partial charge in [0, 0.05) is 38.1 Å². The number of pyridine rings is 1. The molecule has 0 saturated carbocycles. The van der Waals surface area contributed by atoms with E-state index in [1.165, 1.54) is 24.8 Å². The molecule has 0 spiro atoms. The lowest BCUT2D eigenvalue weighted by Crippen LogP contribution is -2.45. The number of rotatable bonds is 3. The van der Waals surface area contributed by atoms with Crippen molar-refractivity contribution >= 4 is 0 Å². The minimum Gasteiger partial charge on any atom is -0.390 e. The molecule has 4 heteroatoms. The van der Waals surface area contributed by atoms with E-state index in [1.807, 2.05) is 12.3 Å². The van der Waals surface area contributed by atoms with Crippen LogP contribution in [0.15, 0.2) is 24.5 Å². The van der Waals surface area contributed by atoms with Gasteiger partial charge in [-0.2, -0.15) is 0 Å². The summed E-state index contributed by atoms with van der Waals surface area (Å²) in [4.78, 5) is 8.99. The number of β-amino-alcohol motifs (C(OH)–C–C–N with tert-alkyl or cyclic N) is 1. The molecule has 2 aliphatic heterocycles. The van der Waals surface area contributed by atoms with Gasteiger partial charge in [0.2, 0.25) is 0 Å². The van der Waals surface area contributed by atoms with E-state index >= 15 is 0 Å². The molecule has 104 valence electrons. The van der Waals surface area contributed by atoms with Crippen LogP contribution in [0.2, 0.25) is 0 Å². The number of aromatic nitrogens is 1. The van der Waals surface area contributed by atoms with Crippen LogP contribution < -0.4 is 0 Å². The van der Waals surface area contributed by atoms with E-state index in [0.29, 0.717) is 6.04 Å². The zero-order valence-electron chi connectivity index (χ0n) is 11.4. The molecule has 0 unspecified atom stereocenters. The first kappa shape index (κ1) is 13.0. The van der Waals surface area contributed by atoms with Crippen LogP contribution in [0, 0.1) is 0 Å². The van der Waals surface area contributed by atoms with Gasteiger partial charge in [-0.05, 0) is 37.6 Å². The summed E-state index contributed by atoms with van der Waals surface area (Å²) in [5.74, 6) is 0. The van der Waals surface area contributed by atoms with Crippen LogP contribution >= 0.6 is 0 Å². The van der Waals surface area contributed by atoms with Crippen LogP contribution in [0.1, 0.15) is 24.8 Å². The third-order valence-corrected chi connectivity index (χ3v) is 4.32. The van der Waals surface area contributed by atoms with Gasteiger partial charge in [0.05, 0.1) is 6.10 Å². The van der Waals surface area contributed by atoms with E-state index in [9.17, 15) is 5.11 Å². The first-order valence-electron chi connectivity index (χ1n) is 7.36. The third-order valence-electron chi connectivity index (χ3n) is 4.32. The first-order valence-corrected chi connectivity index (χ1v) is 7.36. The molecule has 2 saturated heterocycles. The van der Waals surface area contributed by atoms with E-state index < -0.39 is 0 Å². The number of aliphatic hydroxyl groups excluding tert-OH is 1. The van der Waals surface area contributed by atoms with Gasteiger partial charge in [-0.1, -0.05) is 12.5 Å². The standard InChI is InChI=1S/C15H23N3O/c19-15-12-17(10-13-5-4-6-16-9-13)11-14(15)18-7-2-1-3-8-18/h4-6,9,14-15,19H,1-3,7-8,10-12H2/t14-,15-/m0/s1. The molecule has 0 aromatic carbocycles. The van der Waals surface area contributed by atoms with E-state index in [2.05, 4.69) is 20.9 Å². The van der Waals surface area contributed by atoms with E-state index in [0.717, 1.165) is 32.7 Å². The maximum absolute atomic E-state index is 10.3. The Hall–Kier alpha value is -0.970. The summed E-state index contributed by atoms with van der Waals surface area (Å²) in [6.07, 6.45) is 7.44. The van der Waals surface area contributed by atoms with Gasteiger partial charge >= 0.3 is 0 Å². The minimum atomic E-state index is -0.199. The number of aliphatic hydroxyl groups is 1. The second-order valence-electron chi connectivity index (χ2n) is 5.79. The van der Waals surface area contributed by atoms with E-state index in [1.54, 1.807) is 6.20 Å². The summed E-state index contributed by atoms with van der Waals surface area (Å²) in [7, 11) is 0. The zero-order valence-corrected chi connectivity index (χ0v) is 11.4. The quantitative estimate of drug-likeness (QED) is 0.885. The summed E-state index contributed by atoms with van der Waals surface area (Å²) in [5, 5.41) is 10.3. The lowest BCUT2D eigenvalue weighted by Gasteiger charge is -2.33. The van der Waals surface area contributed by atoms with Crippen LogP contribution in [0.4, 0.5) is 0 Å². The second-order valence-corrected chi connectivity index (χ2v) is 5.79. The van der Waals surface area contributed by atoms with E-state index in [-0.39, 0.29) is 6.10 Å². The molecule has 1 aromatic rings. The van der Waals surface area contributed by atoms with Gasteiger partial charge in [0.25, 0.3) is 0 Å². The molecular weight excluding hydrogens is 238 g/mol. The smallest absolute Gasteiger partial charge is 0.0834 e. The maximum atomic E-state index is 10.3. The Labute approximate surface area is 115 Å². The summed E-state index contributed by atoms with van der Waals surface area (Å²) in [6.45, 7) is 4.98. The molecule has 1 aromatic heterocycles. The monoisotopic (exact) mass is 261 g/mol. The second kappa shape index (κ2) is 5.99. The molecule has 2 aliphatic rings.